The van der Waals surface area contributed by atoms with Crippen LogP contribution in [0.15, 0.2) is 36.7 Å². The average Bonchev–Trinajstić information content (AvgIpc) is 3.11. The summed E-state index contributed by atoms with van der Waals surface area (Å²) in [4.78, 5) is 18.5. The molecule has 1 aliphatic heterocycles. The number of halogens is 1. The number of carbonyl (C=O) groups is 1. The SMILES string of the molecule is COc1ccc(CN2CCc3nnc(CCNC(=O)c4cccnc4)n3CC2)c(Cl)c1OC. The van der Waals surface area contributed by atoms with E-state index in [-0.39, 0.29) is 5.91 Å². The summed E-state index contributed by atoms with van der Waals surface area (Å²) in [5.41, 5.74) is 1.53. The first-order valence-corrected chi connectivity index (χ1v) is 11.2. The molecule has 10 heteroatoms. The molecule has 33 heavy (non-hydrogen) atoms. The van der Waals surface area contributed by atoms with Gasteiger partial charge in [0.15, 0.2) is 11.5 Å². The zero-order valence-electron chi connectivity index (χ0n) is 18.8. The first-order valence-electron chi connectivity index (χ1n) is 10.8. The zero-order valence-corrected chi connectivity index (χ0v) is 19.5. The number of nitrogens with zero attached hydrogens (tertiary/aromatic N) is 5. The van der Waals surface area contributed by atoms with Crippen molar-refractivity contribution >= 4 is 17.5 Å². The highest BCUT2D eigenvalue weighted by Gasteiger charge is 2.21. The molecule has 0 saturated carbocycles. The van der Waals surface area contributed by atoms with Gasteiger partial charge in [0.2, 0.25) is 0 Å². The molecule has 0 fully saturated rings. The molecule has 0 bridgehead atoms. The van der Waals surface area contributed by atoms with Crippen molar-refractivity contribution in [3.63, 3.8) is 0 Å². The molecule has 0 saturated heterocycles. The number of hydrogen-bond donors (Lipinski definition) is 1. The molecule has 1 N–H and O–H groups in total. The molecule has 9 nitrogen and oxygen atoms in total. The monoisotopic (exact) mass is 470 g/mol. The van der Waals surface area contributed by atoms with Crippen LogP contribution in [-0.2, 0) is 25.9 Å². The van der Waals surface area contributed by atoms with Crippen molar-refractivity contribution in [1.29, 1.82) is 0 Å². The largest absolute Gasteiger partial charge is 0.493 e. The van der Waals surface area contributed by atoms with Gasteiger partial charge < -0.3 is 19.4 Å². The Morgan fingerprint density at radius 1 is 1.15 bits per heavy atom. The van der Waals surface area contributed by atoms with Crippen LogP contribution in [0, 0.1) is 0 Å². The minimum atomic E-state index is -0.142. The van der Waals surface area contributed by atoms with Gasteiger partial charge in [0.05, 0.1) is 24.8 Å². The molecular weight excluding hydrogens is 444 g/mol. The number of pyridine rings is 1. The maximum absolute atomic E-state index is 12.2. The van der Waals surface area contributed by atoms with Gasteiger partial charge in [-0.05, 0) is 23.8 Å². The lowest BCUT2D eigenvalue weighted by Crippen LogP contribution is -2.28. The summed E-state index contributed by atoms with van der Waals surface area (Å²) >= 11 is 6.58. The minimum Gasteiger partial charge on any atom is -0.493 e. The van der Waals surface area contributed by atoms with E-state index in [9.17, 15) is 4.79 Å². The minimum absolute atomic E-state index is 0.142. The summed E-state index contributed by atoms with van der Waals surface area (Å²) in [6.07, 6.45) is 4.60. The number of benzene rings is 1. The number of hydrogen-bond acceptors (Lipinski definition) is 7. The fraction of sp³-hybridized carbons (Fsp3) is 0.391. The number of aromatic nitrogens is 4. The zero-order chi connectivity index (χ0) is 23.2. The summed E-state index contributed by atoms with van der Waals surface area (Å²) in [5, 5.41) is 12.2. The molecular formula is C23H27ClN6O3. The molecule has 3 aromatic rings. The Kier molecular flexibility index (Phi) is 7.41. The van der Waals surface area contributed by atoms with Gasteiger partial charge in [-0.1, -0.05) is 17.7 Å². The van der Waals surface area contributed by atoms with Crippen molar-refractivity contribution in [2.75, 3.05) is 33.9 Å². The highest BCUT2D eigenvalue weighted by atomic mass is 35.5. The maximum atomic E-state index is 12.2. The molecule has 0 atom stereocenters. The summed E-state index contributed by atoms with van der Waals surface area (Å²) < 4.78 is 12.9. The Bertz CT molecular complexity index is 1110. The molecule has 174 valence electrons. The highest BCUT2D eigenvalue weighted by Crippen LogP contribution is 2.37. The van der Waals surface area contributed by atoms with E-state index in [0.717, 1.165) is 43.3 Å². The van der Waals surface area contributed by atoms with E-state index in [1.807, 2.05) is 12.1 Å². The first-order chi connectivity index (χ1) is 16.1. The number of carbonyl (C=O) groups excluding carboxylic acids is 1. The van der Waals surface area contributed by atoms with Crippen molar-refractivity contribution in [3.8, 4) is 11.5 Å². The fourth-order valence-corrected chi connectivity index (χ4v) is 4.24. The van der Waals surface area contributed by atoms with Gasteiger partial charge in [-0.25, -0.2) is 0 Å². The second-order valence-electron chi connectivity index (χ2n) is 7.73. The van der Waals surface area contributed by atoms with Gasteiger partial charge in [-0.15, -0.1) is 10.2 Å². The van der Waals surface area contributed by atoms with Gasteiger partial charge in [-0.2, -0.15) is 0 Å². The van der Waals surface area contributed by atoms with Crippen LogP contribution in [0.1, 0.15) is 27.6 Å². The summed E-state index contributed by atoms with van der Waals surface area (Å²) in [5.74, 6) is 2.87. The van der Waals surface area contributed by atoms with Gasteiger partial charge in [0.1, 0.15) is 11.6 Å². The lowest BCUT2D eigenvalue weighted by molar-refractivity contribution is 0.0953. The normalized spacial score (nSPS) is 13.8. The predicted molar refractivity (Wildman–Crippen MR) is 124 cm³/mol. The van der Waals surface area contributed by atoms with E-state index in [4.69, 9.17) is 21.1 Å². The number of amides is 1. The standard InChI is InChI=1S/C23H27ClN6O3/c1-32-18-6-5-17(21(24)22(18)33-2)15-29-11-8-20-28-27-19(30(20)13-12-29)7-10-26-23(31)16-4-3-9-25-14-16/h3-6,9,14H,7-8,10-13,15H2,1-2H3,(H,26,31). The number of methoxy groups -OCH3 is 2. The lowest BCUT2D eigenvalue weighted by Gasteiger charge is -2.21. The van der Waals surface area contributed by atoms with Crippen LogP contribution in [0.3, 0.4) is 0 Å². The Balaban J connectivity index is 1.35. The van der Waals surface area contributed by atoms with E-state index in [1.54, 1.807) is 38.7 Å². The smallest absolute Gasteiger partial charge is 0.252 e. The van der Waals surface area contributed by atoms with E-state index in [2.05, 4.69) is 30.0 Å². The third-order valence-electron chi connectivity index (χ3n) is 5.71. The van der Waals surface area contributed by atoms with Crippen LogP contribution in [0.4, 0.5) is 0 Å². The summed E-state index contributed by atoms with van der Waals surface area (Å²) in [7, 11) is 3.19. The topological polar surface area (TPSA) is 94.4 Å². The van der Waals surface area contributed by atoms with Crippen LogP contribution in [-0.4, -0.2) is 64.4 Å². The molecule has 0 radical (unpaired) electrons. The number of ether oxygens (including phenoxy) is 2. The molecule has 1 aromatic carbocycles. The van der Waals surface area contributed by atoms with Crippen molar-refractivity contribution in [2.45, 2.75) is 25.9 Å². The van der Waals surface area contributed by atoms with Gasteiger partial charge in [0, 0.05) is 58.0 Å². The Morgan fingerprint density at radius 3 is 2.79 bits per heavy atom. The van der Waals surface area contributed by atoms with Crippen molar-refractivity contribution < 1.29 is 14.3 Å². The van der Waals surface area contributed by atoms with E-state index < -0.39 is 0 Å². The number of nitrogens with one attached hydrogen (secondary N) is 1. The molecule has 0 spiro atoms. The quantitative estimate of drug-likeness (QED) is 0.540. The fourth-order valence-electron chi connectivity index (χ4n) is 3.95. The third kappa shape index (κ3) is 5.26. The molecule has 1 amide bonds. The molecule has 4 rings (SSSR count). The van der Waals surface area contributed by atoms with Gasteiger partial charge in [0.25, 0.3) is 5.91 Å². The van der Waals surface area contributed by atoms with Crippen molar-refractivity contribution in [1.82, 2.24) is 30.0 Å². The van der Waals surface area contributed by atoms with Gasteiger partial charge in [-0.3, -0.25) is 14.7 Å². The second-order valence-corrected chi connectivity index (χ2v) is 8.11. The molecule has 3 heterocycles. The van der Waals surface area contributed by atoms with Crippen molar-refractivity contribution in [2.24, 2.45) is 0 Å². The molecule has 0 unspecified atom stereocenters. The van der Waals surface area contributed by atoms with Crippen LogP contribution in [0.5, 0.6) is 11.5 Å². The number of fused-ring (bicyclic) bond motifs is 1. The van der Waals surface area contributed by atoms with Crippen LogP contribution in [0.25, 0.3) is 0 Å². The summed E-state index contributed by atoms with van der Waals surface area (Å²) in [6.45, 7) is 3.65. The van der Waals surface area contributed by atoms with E-state index in [1.165, 1.54) is 0 Å². The van der Waals surface area contributed by atoms with Gasteiger partial charge >= 0.3 is 0 Å². The second kappa shape index (κ2) is 10.6. The Labute approximate surface area is 197 Å². The summed E-state index contributed by atoms with van der Waals surface area (Å²) in [6, 6.07) is 7.34. The first kappa shape index (κ1) is 23.0. The third-order valence-corrected chi connectivity index (χ3v) is 6.13. The van der Waals surface area contributed by atoms with E-state index in [0.29, 0.717) is 41.6 Å². The molecule has 1 aliphatic rings. The Hall–Kier alpha value is -3.17. The molecule has 2 aromatic heterocycles. The van der Waals surface area contributed by atoms with E-state index >= 15 is 0 Å². The van der Waals surface area contributed by atoms with Crippen LogP contribution < -0.4 is 14.8 Å². The number of rotatable bonds is 8. The maximum Gasteiger partial charge on any atom is 0.252 e. The van der Waals surface area contributed by atoms with Crippen molar-refractivity contribution in [3.05, 3.63) is 64.5 Å². The molecule has 0 aliphatic carbocycles. The predicted octanol–water partition coefficient (Wildman–Crippen LogP) is 2.37. The van der Waals surface area contributed by atoms with Crippen LogP contribution >= 0.6 is 11.6 Å². The van der Waals surface area contributed by atoms with Crippen LogP contribution in [0.2, 0.25) is 5.02 Å². The average molecular weight is 471 g/mol. The lowest BCUT2D eigenvalue weighted by atomic mass is 10.1. The Morgan fingerprint density at radius 2 is 2.03 bits per heavy atom. The highest BCUT2D eigenvalue weighted by molar-refractivity contribution is 6.33.